The molecular formula is C19H22N4O. The molecule has 0 N–H and O–H groups in total. The summed E-state index contributed by atoms with van der Waals surface area (Å²) in [7, 11) is 0. The molecule has 2 atom stereocenters. The molecule has 2 aliphatic heterocycles. The molecule has 124 valence electrons. The van der Waals surface area contributed by atoms with Crippen molar-refractivity contribution in [2.45, 2.75) is 31.5 Å². The van der Waals surface area contributed by atoms with Crippen molar-refractivity contribution < 1.29 is 4.79 Å². The molecule has 1 saturated heterocycles. The monoisotopic (exact) mass is 322 g/mol. The Morgan fingerprint density at radius 1 is 1.12 bits per heavy atom. The third kappa shape index (κ3) is 2.35. The SMILES string of the molecule is O=C1c2cccn2[C@H]2CN(Cc3cccnc3)C[C@H]2N1CC1CC1. The first-order valence-electron chi connectivity index (χ1n) is 8.88. The third-order valence-electron chi connectivity index (χ3n) is 5.63. The lowest BCUT2D eigenvalue weighted by Gasteiger charge is -2.38. The van der Waals surface area contributed by atoms with Crippen LogP contribution in [0.2, 0.25) is 0 Å². The molecule has 2 aromatic heterocycles. The molecule has 24 heavy (non-hydrogen) atoms. The van der Waals surface area contributed by atoms with Crippen molar-refractivity contribution >= 4 is 5.91 Å². The Labute approximate surface area is 141 Å². The zero-order valence-corrected chi connectivity index (χ0v) is 13.7. The number of pyridine rings is 1. The van der Waals surface area contributed by atoms with Gasteiger partial charge in [-0.1, -0.05) is 6.07 Å². The largest absolute Gasteiger partial charge is 0.337 e. The number of aromatic nitrogens is 2. The second-order valence-corrected chi connectivity index (χ2v) is 7.39. The minimum absolute atomic E-state index is 0.219. The van der Waals surface area contributed by atoms with Crippen molar-refractivity contribution in [3.63, 3.8) is 0 Å². The zero-order chi connectivity index (χ0) is 16.1. The summed E-state index contributed by atoms with van der Waals surface area (Å²) in [6.07, 6.45) is 8.39. The quantitative estimate of drug-likeness (QED) is 0.866. The summed E-state index contributed by atoms with van der Waals surface area (Å²) in [5.41, 5.74) is 2.10. The molecule has 5 nitrogen and oxygen atoms in total. The molecule has 3 aliphatic rings. The lowest BCUT2D eigenvalue weighted by molar-refractivity contribution is 0.0565. The number of carbonyl (C=O) groups excluding carboxylic acids is 1. The molecule has 0 aromatic carbocycles. The summed E-state index contributed by atoms with van der Waals surface area (Å²) >= 11 is 0. The molecule has 4 heterocycles. The van der Waals surface area contributed by atoms with Gasteiger partial charge in [0, 0.05) is 44.8 Å². The number of likely N-dealkylation sites (tertiary alicyclic amines) is 1. The van der Waals surface area contributed by atoms with Gasteiger partial charge in [0.1, 0.15) is 5.69 Å². The van der Waals surface area contributed by atoms with Gasteiger partial charge in [0.15, 0.2) is 0 Å². The highest BCUT2D eigenvalue weighted by Gasteiger charge is 2.46. The topological polar surface area (TPSA) is 41.4 Å². The molecule has 1 amide bonds. The first-order chi connectivity index (χ1) is 11.8. The lowest BCUT2D eigenvalue weighted by Crippen LogP contribution is -2.51. The van der Waals surface area contributed by atoms with Crippen LogP contribution < -0.4 is 0 Å². The lowest BCUT2D eigenvalue weighted by atomic mass is 10.1. The summed E-state index contributed by atoms with van der Waals surface area (Å²) in [5, 5.41) is 0. The summed E-state index contributed by atoms with van der Waals surface area (Å²) in [6, 6.07) is 8.78. The summed E-state index contributed by atoms with van der Waals surface area (Å²) < 4.78 is 2.21. The fraction of sp³-hybridized carbons (Fsp3) is 0.474. The van der Waals surface area contributed by atoms with Crippen molar-refractivity contribution in [1.29, 1.82) is 0 Å². The third-order valence-corrected chi connectivity index (χ3v) is 5.63. The highest BCUT2D eigenvalue weighted by Crippen LogP contribution is 2.38. The smallest absolute Gasteiger partial charge is 0.270 e. The molecule has 2 aromatic rings. The van der Waals surface area contributed by atoms with E-state index in [1.54, 1.807) is 0 Å². The van der Waals surface area contributed by atoms with E-state index in [2.05, 4.69) is 31.6 Å². The molecule has 5 rings (SSSR count). The van der Waals surface area contributed by atoms with Crippen LogP contribution in [0.25, 0.3) is 0 Å². The van der Waals surface area contributed by atoms with Crippen LogP contribution >= 0.6 is 0 Å². The van der Waals surface area contributed by atoms with Gasteiger partial charge in [-0.15, -0.1) is 0 Å². The van der Waals surface area contributed by atoms with Crippen LogP contribution in [0, 0.1) is 5.92 Å². The van der Waals surface area contributed by atoms with E-state index in [1.807, 2.05) is 30.6 Å². The Morgan fingerprint density at radius 2 is 2.00 bits per heavy atom. The number of nitrogens with zero attached hydrogens (tertiary/aromatic N) is 4. The molecule has 1 saturated carbocycles. The zero-order valence-electron chi connectivity index (χ0n) is 13.7. The predicted molar refractivity (Wildman–Crippen MR) is 90.5 cm³/mol. The molecule has 2 fully saturated rings. The van der Waals surface area contributed by atoms with Crippen LogP contribution in [0.15, 0.2) is 42.9 Å². The standard InChI is InChI=1S/C19H22N4O/c24-19-16-4-2-8-22(16)17-12-21(10-15-3-1-7-20-9-15)13-18(17)23(19)11-14-5-6-14/h1-4,7-9,14,17-18H,5-6,10-13H2/t17-,18+/m0/s1. The molecule has 1 aliphatic carbocycles. The van der Waals surface area contributed by atoms with Gasteiger partial charge in [-0.3, -0.25) is 14.7 Å². The Morgan fingerprint density at radius 3 is 2.79 bits per heavy atom. The molecule has 0 radical (unpaired) electrons. The van der Waals surface area contributed by atoms with Crippen LogP contribution in [-0.2, 0) is 6.54 Å². The average molecular weight is 322 g/mol. The van der Waals surface area contributed by atoms with E-state index in [-0.39, 0.29) is 5.91 Å². The van der Waals surface area contributed by atoms with Crippen LogP contribution in [0.1, 0.15) is 34.9 Å². The maximum absolute atomic E-state index is 12.9. The highest BCUT2D eigenvalue weighted by atomic mass is 16.2. The number of hydrogen-bond acceptors (Lipinski definition) is 3. The van der Waals surface area contributed by atoms with E-state index in [1.165, 1.54) is 18.4 Å². The van der Waals surface area contributed by atoms with Gasteiger partial charge in [0.25, 0.3) is 5.91 Å². The first-order valence-corrected chi connectivity index (χ1v) is 8.88. The normalized spacial score (nSPS) is 26.5. The van der Waals surface area contributed by atoms with Gasteiger partial charge in [-0.05, 0) is 42.5 Å². The number of hydrogen-bond donors (Lipinski definition) is 0. The van der Waals surface area contributed by atoms with E-state index in [4.69, 9.17) is 0 Å². The molecule has 0 bridgehead atoms. The molecule has 5 heteroatoms. The van der Waals surface area contributed by atoms with Gasteiger partial charge in [0.2, 0.25) is 0 Å². The minimum Gasteiger partial charge on any atom is -0.337 e. The minimum atomic E-state index is 0.219. The van der Waals surface area contributed by atoms with Crippen LogP contribution in [0.3, 0.4) is 0 Å². The summed E-state index contributed by atoms with van der Waals surface area (Å²) in [5.74, 6) is 0.944. The van der Waals surface area contributed by atoms with Gasteiger partial charge in [0.05, 0.1) is 12.1 Å². The highest BCUT2D eigenvalue weighted by molar-refractivity contribution is 5.94. The Kier molecular flexibility index (Phi) is 3.23. The second kappa shape index (κ2) is 5.45. The van der Waals surface area contributed by atoms with Crippen molar-refractivity contribution in [2.24, 2.45) is 5.92 Å². The van der Waals surface area contributed by atoms with Gasteiger partial charge >= 0.3 is 0 Å². The Bertz CT molecular complexity index is 752. The van der Waals surface area contributed by atoms with Gasteiger partial charge in [-0.2, -0.15) is 0 Å². The van der Waals surface area contributed by atoms with Crippen molar-refractivity contribution in [3.8, 4) is 0 Å². The fourth-order valence-electron chi connectivity index (χ4n) is 4.26. The molecular weight excluding hydrogens is 300 g/mol. The number of amides is 1. The van der Waals surface area contributed by atoms with E-state index >= 15 is 0 Å². The maximum atomic E-state index is 12.9. The second-order valence-electron chi connectivity index (χ2n) is 7.39. The maximum Gasteiger partial charge on any atom is 0.270 e. The van der Waals surface area contributed by atoms with E-state index in [0.717, 1.165) is 37.8 Å². The van der Waals surface area contributed by atoms with E-state index in [0.29, 0.717) is 12.1 Å². The fourth-order valence-corrected chi connectivity index (χ4v) is 4.26. The number of fused-ring (bicyclic) bond motifs is 3. The Balaban J connectivity index is 1.42. The van der Waals surface area contributed by atoms with Gasteiger partial charge in [-0.25, -0.2) is 0 Å². The van der Waals surface area contributed by atoms with Crippen LogP contribution in [0.4, 0.5) is 0 Å². The van der Waals surface area contributed by atoms with Crippen molar-refractivity contribution in [2.75, 3.05) is 19.6 Å². The van der Waals surface area contributed by atoms with E-state index < -0.39 is 0 Å². The summed E-state index contributed by atoms with van der Waals surface area (Å²) in [6.45, 7) is 3.79. The van der Waals surface area contributed by atoms with Crippen molar-refractivity contribution in [1.82, 2.24) is 19.4 Å². The first kappa shape index (κ1) is 14.2. The van der Waals surface area contributed by atoms with Crippen LogP contribution in [-0.4, -0.2) is 50.9 Å². The predicted octanol–water partition coefficient (Wildman–Crippen LogP) is 2.17. The average Bonchev–Trinajstić information content (AvgIpc) is 3.11. The number of rotatable bonds is 4. The Hall–Kier alpha value is -2.14. The number of carbonyl (C=O) groups is 1. The molecule has 0 spiro atoms. The van der Waals surface area contributed by atoms with Gasteiger partial charge < -0.3 is 9.47 Å². The van der Waals surface area contributed by atoms with Crippen LogP contribution in [0.5, 0.6) is 0 Å². The summed E-state index contributed by atoms with van der Waals surface area (Å²) in [4.78, 5) is 21.8. The molecule has 0 unspecified atom stereocenters. The van der Waals surface area contributed by atoms with E-state index in [9.17, 15) is 4.79 Å². The van der Waals surface area contributed by atoms with Crippen molar-refractivity contribution in [3.05, 3.63) is 54.1 Å².